The van der Waals surface area contributed by atoms with Gasteiger partial charge in [0.25, 0.3) is 11.7 Å². The zero-order valence-corrected chi connectivity index (χ0v) is 11.7. The Hall–Kier alpha value is -1.37. The molecule has 2 atom stereocenters. The Labute approximate surface area is 118 Å². The molecule has 2 fully saturated rings. The Morgan fingerprint density at radius 2 is 2.10 bits per heavy atom. The summed E-state index contributed by atoms with van der Waals surface area (Å²) in [6.45, 7) is 0.924. The first-order chi connectivity index (χ1) is 9.58. The molecule has 0 spiro atoms. The van der Waals surface area contributed by atoms with Crippen molar-refractivity contribution in [2.45, 2.75) is 31.1 Å². The predicted octanol–water partition coefficient (Wildman–Crippen LogP) is 1.50. The Balaban J connectivity index is 1.79. The molecule has 4 nitrogen and oxygen atoms in total. The molecule has 3 heterocycles. The van der Waals surface area contributed by atoms with Crippen molar-refractivity contribution >= 4 is 22.7 Å². The Morgan fingerprint density at radius 1 is 1.30 bits per heavy atom. The first kappa shape index (κ1) is 13.6. The number of halogens is 2. The molecule has 0 aliphatic carbocycles. The maximum absolute atomic E-state index is 12.7. The Bertz CT molecular complexity index is 519. The summed E-state index contributed by atoms with van der Waals surface area (Å²) in [5, 5.41) is 5.71. The van der Waals surface area contributed by atoms with E-state index in [9.17, 15) is 18.4 Å². The lowest BCUT2D eigenvalue weighted by atomic mass is 10.1. The van der Waals surface area contributed by atoms with Gasteiger partial charge < -0.3 is 10.2 Å². The van der Waals surface area contributed by atoms with Gasteiger partial charge in [-0.15, -0.1) is 0 Å². The van der Waals surface area contributed by atoms with E-state index in [1.807, 2.05) is 0 Å². The third-order valence-corrected chi connectivity index (χ3v) is 5.49. The maximum Gasteiger partial charge on any atom is 0.273 e. The fourth-order valence-electron chi connectivity index (χ4n) is 2.83. The second-order valence-corrected chi connectivity index (χ2v) is 6.96. The van der Waals surface area contributed by atoms with E-state index in [2.05, 4.69) is 5.32 Å². The van der Waals surface area contributed by atoms with E-state index in [0.717, 1.165) is 12.8 Å². The summed E-state index contributed by atoms with van der Waals surface area (Å²) in [6.07, 6.45) is 2.43. The minimum absolute atomic E-state index is 0.131. The van der Waals surface area contributed by atoms with Crippen LogP contribution >= 0.6 is 10.9 Å². The average molecular weight is 302 g/mol. The number of rotatable bonds is 2. The van der Waals surface area contributed by atoms with Crippen LogP contribution in [0.1, 0.15) is 19.3 Å². The Kier molecular flexibility index (Phi) is 3.54. The molecule has 2 amide bonds. The minimum Gasteiger partial charge on any atom is -0.354 e. The van der Waals surface area contributed by atoms with Crippen LogP contribution in [0.2, 0.25) is 0 Å². The highest BCUT2D eigenvalue weighted by Crippen LogP contribution is 2.48. The molecule has 110 valence electrons. The molecule has 1 unspecified atom stereocenters. The van der Waals surface area contributed by atoms with Gasteiger partial charge >= 0.3 is 0 Å². The van der Waals surface area contributed by atoms with Crippen LogP contribution in [0.3, 0.4) is 0 Å². The lowest BCUT2D eigenvalue weighted by Gasteiger charge is -2.25. The zero-order chi connectivity index (χ0) is 14.3. The lowest BCUT2D eigenvalue weighted by molar-refractivity contribution is -0.135. The van der Waals surface area contributed by atoms with Crippen molar-refractivity contribution in [3.05, 3.63) is 22.0 Å². The number of nitrogens with zero attached hydrogens (tertiary/aromatic N) is 1. The fraction of sp³-hybridized carbons (Fsp3) is 0.538. The number of amides is 2. The van der Waals surface area contributed by atoms with E-state index in [-0.39, 0.29) is 18.4 Å². The summed E-state index contributed by atoms with van der Waals surface area (Å²) in [4.78, 5) is 25.8. The quantitative estimate of drug-likeness (QED) is 0.760. The molecular formula is C13H16F2N2O2S. The minimum atomic E-state index is -2.42. The standard InChI is InChI=1S/C13H16F2N2O2S/c14-13(15)20-6-8-5-17(12(19)9(8)7-20)10-3-1-2-4-16-11(10)18/h6-7,10,13,20H,1-5H2,(H,16,18)/t10-/m0/s1. The van der Waals surface area contributed by atoms with Crippen molar-refractivity contribution in [2.75, 3.05) is 13.1 Å². The van der Waals surface area contributed by atoms with Crippen LogP contribution in [0.25, 0.3) is 0 Å². The largest absolute Gasteiger partial charge is 0.354 e. The number of hydrogen-bond acceptors (Lipinski definition) is 2. The molecule has 0 aromatic carbocycles. The van der Waals surface area contributed by atoms with Crippen LogP contribution in [0.4, 0.5) is 8.78 Å². The van der Waals surface area contributed by atoms with Crippen molar-refractivity contribution in [1.82, 2.24) is 10.2 Å². The lowest BCUT2D eigenvalue weighted by Crippen LogP contribution is -2.46. The van der Waals surface area contributed by atoms with Crippen molar-refractivity contribution in [1.29, 1.82) is 0 Å². The molecule has 1 N–H and O–H groups in total. The van der Waals surface area contributed by atoms with Gasteiger partial charge in [-0.25, -0.2) is 0 Å². The van der Waals surface area contributed by atoms with Gasteiger partial charge in [0.05, 0.1) is 5.57 Å². The van der Waals surface area contributed by atoms with E-state index >= 15 is 0 Å². The molecule has 0 bridgehead atoms. The van der Waals surface area contributed by atoms with Crippen LogP contribution in [0, 0.1) is 0 Å². The smallest absolute Gasteiger partial charge is 0.273 e. The number of carbonyl (C=O) groups is 2. The summed E-state index contributed by atoms with van der Waals surface area (Å²) >= 11 is 0. The highest BCUT2D eigenvalue weighted by molar-refractivity contribution is 8.22. The normalized spacial score (nSPS) is 31.9. The van der Waals surface area contributed by atoms with Gasteiger partial charge in [0, 0.05) is 13.1 Å². The van der Waals surface area contributed by atoms with Gasteiger partial charge in [-0.05, 0) is 35.7 Å². The fourth-order valence-corrected chi connectivity index (χ4v) is 4.29. The molecule has 7 heteroatoms. The van der Waals surface area contributed by atoms with Crippen LogP contribution in [-0.4, -0.2) is 41.6 Å². The highest BCUT2D eigenvalue weighted by Gasteiger charge is 2.41. The number of carbonyl (C=O) groups excluding carboxylic acids is 2. The molecule has 3 rings (SSSR count). The highest BCUT2D eigenvalue weighted by atomic mass is 32.2. The SMILES string of the molecule is O=C1NCCCC[C@@H]1N1CC2=C[SH](C(F)F)C=C2C1=O. The third-order valence-electron chi connectivity index (χ3n) is 3.87. The van der Waals surface area contributed by atoms with Crippen LogP contribution < -0.4 is 5.32 Å². The first-order valence-electron chi connectivity index (χ1n) is 6.65. The molecule has 2 saturated heterocycles. The van der Waals surface area contributed by atoms with E-state index < -0.39 is 22.7 Å². The summed E-state index contributed by atoms with van der Waals surface area (Å²) in [7, 11) is -1.62. The summed E-state index contributed by atoms with van der Waals surface area (Å²) in [5.41, 5.74) is 1.05. The molecule has 3 aliphatic heterocycles. The number of nitrogens with one attached hydrogen (secondary N) is 1. The predicted molar refractivity (Wildman–Crippen MR) is 73.5 cm³/mol. The molecule has 0 aromatic rings. The van der Waals surface area contributed by atoms with Crippen molar-refractivity contribution < 1.29 is 18.4 Å². The molecule has 3 aliphatic rings. The zero-order valence-electron chi connectivity index (χ0n) is 10.8. The maximum atomic E-state index is 12.7. The van der Waals surface area contributed by atoms with Crippen LogP contribution in [-0.2, 0) is 9.59 Å². The number of likely N-dealkylation sites (tertiary alicyclic amines) is 1. The van der Waals surface area contributed by atoms with Crippen molar-refractivity contribution in [3.8, 4) is 0 Å². The van der Waals surface area contributed by atoms with Gasteiger partial charge in [0.2, 0.25) is 5.91 Å². The second-order valence-electron chi connectivity index (χ2n) is 5.16. The van der Waals surface area contributed by atoms with Gasteiger partial charge in [0.1, 0.15) is 6.04 Å². The molecule has 0 aromatic heterocycles. The summed E-state index contributed by atoms with van der Waals surface area (Å²) in [6, 6.07) is -0.463. The third kappa shape index (κ3) is 2.24. The topological polar surface area (TPSA) is 49.4 Å². The number of hydrogen-bond donors (Lipinski definition) is 2. The van der Waals surface area contributed by atoms with Gasteiger partial charge in [-0.3, -0.25) is 9.59 Å². The second kappa shape index (κ2) is 5.20. The molecule has 0 saturated carbocycles. The molecule has 0 radical (unpaired) electrons. The monoisotopic (exact) mass is 302 g/mol. The van der Waals surface area contributed by atoms with E-state index in [4.69, 9.17) is 0 Å². The molecular weight excluding hydrogens is 286 g/mol. The van der Waals surface area contributed by atoms with Gasteiger partial charge in [-0.2, -0.15) is 19.7 Å². The van der Waals surface area contributed by atoms with Crippen molar-refractivity contribution in [2.24, 2.45) is 0 Å². The number of thiol groups is 1. The van der Waals surface area contributed by atoms with Crippen LogP contribution in [0.15, 0.2) is 22.0 Å². The number of alkyl halides is 2. The van der Waals surface area contributed by atoms with Gasteiger partial charge in [0.15, 0.2) is 0 Å². The average Bonchev–Trinajstić information content (AvgIpc) is 2.87. The Morgan fingerprint density at radius 3 is 2.80 bits per heavy atom. The summed E-state index contributed by atoms with van der Waals surface area (Å²) < 4.78 is 25.4. The summed E-state index contributed by atoms with van der Waals surface area (Å²) in [5.74, 6) is -2.82. The van der Waals surface area contributed by atoms with E-state index in [1.54, 1.807) is 0 Å². The molecule has 20 heavy (non-hydrogen) atoms. The number of fused-ring (bicyclic) bond motifs is 1. The van der Waals surface area contributed by atoms with Crippen LogP contribution in [0.5, 0.6) is 0 Å². The van der Waals surface area contributed by atoms with E-state index in [1.165, 1.54) is 15.7 Å². The van der Waals surface area contributed by atoms with Gasteiger partial charge in [-0.1, -0.05) is 0 Å². The van der Waals surface area contributed by atoms with Crippen molar-refractivity contribution in [3.63, 3.8) is 0 Å². The first-order valence-corrected chi connectivity index (χ1v) is 8.20. The van der Waals surface area contributed by atoms with E-state index in [0.29, 0.717) is 24.1 Å².